The van der Waals surface area contributed by atoms with Crippen LogP contribution in [-0.2, 0) is 6.42 Å². The van der Waals surface area contributed by atoms with Crippen molar-refractivity contribution < 1.29 is 14.3 Å². The fourth-order valence-corrected chi connectivity index (χ4v) is 3.74. The van der Waals surface area contributed by atoms with Crippen LogP contribution in [0.25, 0.3) is 0 Å². The van der Waals surface area contributed by atoms with Crippen LogP contribution >= 0.6 is 0 Å². The van der Waals surface area contributed by atoms with Crippen LogP contribution in [0.2, 0.25) is 0 Å². The maximum atomic E-state index is 12.5. The molecular weight excluding hydrogens is 366 g/mol. The van der Waals surface area contributed by atoms with Crippen LogP contribution in [0.15, 0.2) is 36.5 Å². The number of nitrogens with one attached hydrogen (secondary N) is 2. The molecule has 6 nitrogen and oxygen atoms in total. The summed E-state index contributed by atoms with van der Waals surface area (Å²) in [4.78, 5) is 16.9. The van der Waals surface area contributed by atoms with Gasteiger partial charge in [-0.1, -0.05) is 31.7 Å². The Morgan fingerprint density at radius 2 is 1.79 bits per heavy atom. The summed E-state index contributed by atoms with van der Waals surface area (Å²) in [5, 5.41) is 6.49. The Kier molecular flexibility index (Phi) is 7.73. The standard InChI is InChI=1S/C23H31N3O3/c1-28-20-10-9-17(15-21(20)29-2)11-13-25-23(27)18-12-14-24-22(16-18)26-19-7-5-3-4-6-8-19/h9-10,12,14-16,19H,3-8,11,13H2,1-2H3,(H,24,26)(H,25,27). The highest BCUT2D eigenvalue weighted by molar-refractivity contribution is 5.94. The van der Waals surface area contributed by atoms with Gasteiger partial charge in [0.15, 0.2) is 11.5 Å². The third-order valence-corrected chi connectivity index (χ3v) is 5.38. The molecule has 2 N–H and O–H groups in total. The molecule has 0 atom stereocenters. The van der Waals surface area contributed by atoms with Gasteiger partial charge in [0.05, 0.1) is 14.2 Å². The summed E-state index contributed by atoms with van der Waals surface area (Å²) in [6.45, 7) is 0.544. The third kappa shape index (κ3) is 6.11. The molecule has 0 bridgehead atoms. The van der Waals surface area contributed by atoms with Gasteiger partial charge in [-0.05, 0) is 49.1 Å². The van der Waals surface area contributed by atoms with Crippen molar-refractivity contribution in [3.63, 3.8) is 0 Å². The molecule has 0 unspecified atom stereocenters. The minimum absolute atomic E-state index is 0.0863. The molecule has 0 spiro atoms. The minimum atomic E-state index is -0.0863. The van der Waals surface area contributed by atoms with Crippen LogP contribution < -0.4 is 20.1 Å². The topological polar surface area (TPSA) is 72.5 Å². The number of methoxy groups -OCH3 is 2. The summed E-state index contributed by atoms with van der Waals surface area (Å²) in [6.07, 6.45) is 9.89. The van der Waals surface area contributed by atoms with Gasteiger partial charge in [0.25, 0.3) is 5.91 Å². The van der Waals surface area contributed by atoms with Gasteiger partial charge >= 0.3 is 0 Å². The van der Waals surface area contributed by atoms with E-state index in [9.17, 15) is 4.79 Å². The highest BCUT2D eigenvalue weighted by Crippen LogP contribution is 2.27. The third-order valence-electron chi connectivity index (χ3n) is 5.38. The molecule has 1 amide bonds. The van der Waals surface area contributed by atoms with Crippen molar-refractivity contribution in [2.75, 3.05) is 26.1 Å². The zero-order chi connectivity index (χ0) is 20.5. The second-order valence-electron chi connectivity index (χ2n) is 7.46. The lowest BCUT2D eigenvalue weighted by molar-refractivity contribution is 0.0954. The molecule has 1 aromatic carbocycles. The summed E-state index contributed by atoms with van der Waals surface area (Å²) in [5.41, 5.74) is 1.71. The Hall–Kier alpha value is -2.76. The average molecular weight is 398 g/mol. The number of aromatic nitrogens is 1. The molecule has 29 heavy (non-hydrogen) atoms. The molecule has 2 aromatic rings. The number of carbonyl (C=O) groups is 1. The monoisotopic (exact) mass is 397 g/mol. The maximum Gasteiger partial charge on any atom is 0.251 e. The minimum Gasteiger partial charge on any atom is -0.493 e. The van der Waals surface area contributed by atoms with E-state index in [0.717, 1.165) is 11.4 Å². The molecule has 3 rings (SSSR count). The lowest BCUT2D eigenvalue weighted by Gasteiger charge is -2.17. The first-order valence-corrected chi connectivity index (χ1v) is 10.4. The van der Waals surface area contributed by atoms with E-state index in [-0.39, 0.29) is 5.91 Å². The van der Waals surface area contributed by atoms with Crippen molar-refractivity contribution in [3.05, 3.63) is 47.7 Å². The van der Waals surface area contributed by atoms with Crippen molar-refractivity contribution in [2.24, 2.45) is 0 Å². The molecule has 0 radical (unpaired) electrons. The van der Waals surface area contributed by atoms with Gasteiger partial charge in [-0.25, -0.2) is 4.98 Å². The Morgan fingerprint density at radius 3 is 2.52 bits per heavy atom. The lowest BCUT2D eigenvalue weighted by atomic mass is 10.1. The van der Waals surface area contributed by atoms with Crippen molar-refractivity contribution in [3.8, 4) is 11.5 Å². The number of amides is 1. The van der Waals surface area contributed by atoms with E-state index < -0.39 is 0 Å². The molecule has 1 fully saturated rings. The van der Waals surface area contributed by atoms with Crippen molar-refractivity contribution >= 4 is 11.7 Å². The second-order valence-corrected chi connectivity index (χ2v) is 7.46. The summed E-state index contributed by atoms with van der Waals surface area (Å²) in [5.74, 6) is 2.09. The van der Waals surface area contributed by atoms with Crippen molar-refractivity contribution in [2.45, 2.75) is 51.0 Å². The number of anilines is 1. The maximum absolute atomic E-state index is 12.5. The normalized spacial score (nSPS) is 14.7. The number of rotatable bonds is 8. The fraction of sp³-hybridized carbons (Fsp3) is 0.478. The molecule has 1 heterocycles. The molecule has 0 aliphatic heterocycles. The summed E-state index contributed by atoms with van der Waals surface area (Å²) in [7, 11) is 3.24. The Labute approximate surface area is 173 Å². The van der Waals surface area contributed by atoms with Gasteiger partial charge < -0.3 is 20.1 Å². The molecule has 1 aliphatic carbocycles. The zero-order valence-electron chi connectivity index (χ0n) is 17.4. The van der Waals surface area contributed by atoms with Crippen LogP contribution in [0.4, 0.5) is 5.82 Å². The smallest absolute Gasteiger partial charge is 0.251 e. The second kappa shape index (κ2) is 10.7. The van der Waals surface area contributed by atoms with Crippen LogP contribution in [0.5, 0.6) is 11.5 Å². The van der Waals surface area contributed by atoms with Gasteiger partial charge in [0.2, 0.25) is 0 Å². The van der Waals surface area contributed by atoms with Gasteiger partial charge in [0, 0.05) is 24.3 Å². The lowest BCUT2D eigenvalue weighted by Crippen LogP contribution is -2.26. The van der Waals surface area contributed by atoms with E-state index in [1.54, 1.807) is 26.5 Å². The number of ether oxygens (including phenoxy) is 2. The first kappa shape index (κ1) is 21.0. The number of carbonyl (C=O) groups excluding carboxylic acids is 1. The van der Waals surface area contributed by atoms with Gasteiger partial charge in [-0.2, -0.15) is 0 Å². The van der Waals surface area contributed by atoms with E-state index in [1.807, 2.05) is 24.3 Å². The Morgan fingerprint density at radius 1 is 1.03 bits per heavy atom. The summed E-state index contributed by atoms with van der Waals surface area (Å²) in [6, 6.07) is 9.85. The first-order valence-electron chi connectivity index (χ1n) is 10.4. The van der Waals surface area contributed by atoms with Crippen LogP contribution in [0, 0.1) is 0 Å². The number of nitrogens with zero attached hydrogens (tertiary/aromatic N) is 1. The molecule has 1 aliphatic rings. The highest BCUT2D eigenvalue weighted by Gasteiger charge is 2.14. The van der Waals surface area contributed by atoms with Gasteiger partial charge in [-0.3, -0.25) is 4.79 Å². The van der Waals surface area contributed by atoms with Crippen LogP contribution in [-0.4, -0.2) is 37.7 Å². The zero-order valence-corrected chi connectivity index (χ0v) is 17.4. The molecule has 156 valence electrons. The van der Waals surface area contributed by atoms with Crippen LogP contribution in [0.1, 0.15) is 54.4 Å². The molecule has 1 saturated carbocycles. The molecule has 1 aromatic heterocycles. The van der Waals surface area contributed by atoms with E-state index >= 15 is 0 Å². The number of hydrogen-bond donors (Lipinski definition) is 2. The van der Waals surface area contributed by atoms with E-state index in [0.29, 0.717) is 36.1 Å². The SMILES string of the molecule is COc1ccc(CCNC(=O)c2ccnc(NC3CCCCCC3)c2)cc1OC. The molecule has 6 heteroatoms. The van der Waals surface area contributed by atoms with Crippen LogP contribution in [0.3, 0.4) is 0 Å². The largest absolute Gasteiger partial charge is 0.493 e. The predicted octanol–water partition coefficient (Wildman–Crippen LogP) is 4.21. The fourth-order valence-electron chi connectivity index (χ4n) is 3.74. The number of pyridine rings is 1. The molecular formula is C23H31N3O3. The first-order chi connectivity index (χ1) is 14.2. The summed E-state index contributed by atoms with van der Waals surface area (Å²) >= 11 is 0. The van der Waals surface area contributed by atoms with Crippen molar-refractivity contribution in [1.29, 1.82) is 0 Å². The summed E-state index contributed by atoms with van der Waals surface area (Å²) < 4.78 is 10.6. The number of benzene rings is 1. The quantitative estimate of drug-likeness (QED) is 0.653. The highest BCUT2D eigenvalue weighted by atomic mass is 16.5. The predicted molar refractivity (Wildman–Crippen MR) is 115 cm³/mol. The average Bonchev–Trinajstić information content (AvgIpc) is 3.02. The van der Waals surface area contributed by atoms with Crippen molar-refractivity contribution in [1.82, 2.24) is 10.3 Å². The van der Waals surface area contributed by atoms with E-state index in [4.69, 9.17) is 9.47 Å². The Bertz CT molecular complexity index is 802. The van der Waals surface area contributed by atoms with Gasteiger partial charge in [-0.15, -0.1) is 0 Å². The Balaban J connectivity index is 1.53. The van der Waals surface area contributed by atoms with Gasteiger partial charge in [0.1, 0.15) is 5.82 Å². The number of hydrogen-bond acceptors (Lipinski definition) is 5. The molecule has 0 saturated heterocycles. The van der Waals surface area contributed by atoms with E-state index in [2.05, 4.69) is 15.6 Å². The van der Waals surface area contributed by atoms with E-state index in [1.165, 1.54) is 38.5 Å².